The predicted octanol–water partition coefficient (Wildman–Crippen LogP) is 4.64. The van der Waals surface area contributed by atoms with E-state index in [2.05, 4.69) is 0 Å². The van der Waals surface area contributed by atoms with E-state index in [1.807, 2.05) is 5.32 Å². The molecule has 6 nitrogen and oxygen atoms in total. The average Bonchev–Trinajstić information content (AvgIpc) is 2.71. The molecule has 1 amide bonds. The molecule has 0 saturated carbocycles. The molecule has 13 heteroatoms. The Morgan fingerprint density at radius 1 is 0.971 bits per heavy atom. The van der Waals surface area contributed by atoms with Gasteiger partial charge in [0.05, 0.1) is 33.3 Å². The number of nitrogens with zero attached hydrogens (tertiary/aromatic N) is 1. The molecule has 2 aromatic carbocycles. The van der Waals surface area contributed by atoms with E-state index in [-0.39, 0.29) is 0 Å². The largest absolute Gasteiger partial charge is 0.417 e. The van der Waals surface area contributed by atoms with Crippen molar-refractivity contribution < 1.29 is 44.7 Å². The number of carbonyl (C=O) groups excluding carboxylic acids is 1. The number of benzene rings is 2. The molecule has 0 fully saturated rings. The summed E-state index contributed by atoms with van der Waals surface area (Å²) < 4.78 is 104. The molecule has 0 aromatic heterocycles. The van der Waals surface area contributed by atoms with Crippen molar-refractivity contribution >= 4 is 21.4 Å². The van der Waals surface area contributed by atoms with Crippen LogP contribution in [0.2, 0.25) is 0 Å². The molecule has 1 atom stereocenters. The lowest BCUT2D eigenvalue weighted by Gasteiger charge is -2.31. The topological polar surface area (TPSA) is 107 Å². The highest BCUT2D eigenvalue weighted by atomic mass is 32.2. The van der Waals surface area contributed by atoms with Crippen molar-refractivity contribution in [2.75, 3.05) is 11.1 Å². The summed E-state index contributed by atoms with van der Waals surface area (Å²) in [4.78, 5) is 13.1. The number of alkyl halides is 6. The smallest absolute Gasteiger partial charge is 0.374 e. The molecule has 0 heterocycles. The van der Waals surface area contributed by atoms with Gasteiger partial charge < -0.3 is 10.4 Å². The molecule has 0 aliphatic heterocycles. The molecule has 0 aliphatic carbocycles. The number of hydrogen-bond acceptors (Lipinski definition) is 5. The maximum absolute atomic E-state index is 13.3. The van der Waals surface area contributed by atoms with Crippen LogP contribution >= 0.6 is 0 Å². The summed E-state index contributed by atoms with van der Waals surface area (Å²) in [5.74, 6) is -2.94. The molecular formula is C22H20F6N2O4S. The highest BCUT2D eigenvalue weighted by Gasteiger charge is 2.47. The third-order valence-corrected chi connectivity index (χ3v) is 7.74. The van der Waals surface area contributed by atoms with Crippen molar-refractivity contribution in [2.45, 2.75) is 43.5 Å². The Balaban J connectivity index is 2.65. The minimum absolute atomic E-state index is 0.387. The Hall–Kier alpha value is -3.11. The Labute approximate surface area is 197 Å². The van der Waals surface area contributed by atoms with Gasteiger partial charge in [0.15, 0.2) is 15.4 Å². The Kier molecular flexibility index (Phi) is 7.36. The summed E-state index contributed by atoms with van der Waals surface area (Å²) in [7, 11) is -4.35. The van der Waals surface area contributed by atoms with Crippen molar-refractivity contribution in [1.82, 2.24) is 0 Å². The van der Waals surface area contributed by atoms with Crippen LogP contribution in [-0.2, 0) is 32.6 Å². The maximum atomic E-state index is 13.3. The first-order valence-corrected chi connectivity index (χ1v) is 11.4. The number of nitriles is 1. The van der Waals surface area contributed by atoms with E-state index in [0.717, 1.165) is 24.3 Å². The summed E-state index contributed by atoms with van der Waals surface area (Å²) in [6.45, 7) is 3.72. The van der Waals surface area contributed by atoms with Crippen LogP contribution in [0.25, 0.3) is 0 Å². The molecular weight excluding hydrogens is 502 g/mol. The van der Waals surface area contributed by atoms with Gasteiger partial charge in [-0.3, -0.25) is 4.79 Å². The zero-order chi connectivity index (χ0) is 27.0. The van der Waals surface area contributed by atoms with Gasteiger partial charge in [-0.25, -0.2) is 8.42 Å². The van der Waals surface area contributed by atoms with Crippen molar-refractivity contribution in [2.24, 2.45) is 0 Å². The maximum Gasteiger partial charge on any atom is 0.417 e. The standard InChI is InChI=1S/C22H20F6N2O4S/c1-19(2,3)35(33,34)12-20(32,14-5-4-6-15(9-14)21(23,24)25)18(31)30-16-8-7-13(11-29)17(10-16)22(26,27)28/h4-10,32H,12H2,1-3H3,(H,30,31). The van der Waals surface area contributed by atoms with Gasteiger partial charge >= 0.3 is 12.4 Å². The number of hydrogen-bond donors (Lipinski definition) is 2. The van der Waals surface area contributed by atoms with Gasteiger partial charge in [0, 0.05) is 5.69 Å². The van der Waals surface area contributed by atoms with E-state index < -0.39 is 72.1 Å². The molecule has 190 valence electrons. The van der Waals surface area contributed by atoms with Crippen molar-refractivity contribution in [3.8, 4) is 6.07 Å². The molecule has 0 spiro atoms. The van der Waals surface area contributed by atoms with Crippen molar-refractivity contribution in [3.63, 3.8) is 0 Å². The van der Waals surface area contributed by atoms with Gasteiger partial charge in [-0.1, -0.05) is 12.1 Å². The highest BCUT2D eigenvalue weighted by Crippen LogP contribution is 2.36. The lowest BCUT2D eigenvalue weighted by Crippen LogP contribution is -2.49. The fourth-order valence-corrected chi connectivity index (χ4v) is 4.19. The first-order valence-electron chi connectivity index (χ1n) is 9.77. The number of rotatable bonds is 5. The van der Waals surface area contributed by atoms with E-state index in [1.54, 1.807) is 0 Å². The van der Waals surface area contributed by atoms with Crippen LogP contribution in [-0.4, -0.2) is 29.9 Å². The molecule has 0 radical (unpaired) electrons. The van der Waals surface area contributed by atoms with Crippen LogP contribution in [0.3, 0.4) is 0 Å². The lowest BCUT2D eigenvalue weighted by atomic mass is 9.93. The van der Waals surface area contributed by atoms with E-state index in [1.165, 1.54) is 26.8 Å². The molecule has 0 saturated heterocycles. The predicted molar refractivity (Wildman–Crippen MR) is 114 cm³/mol. The molecule has 2 aromatic rings. The second-order valence-corrected chi connectivity index (χ2v) is 11.4. The van der Waals surface area contributed by atoms with E-state index in [9.17, 15) is 44.7 Å². The second-order valence-electron chi connectivity index (χ2n) is 8.63. The van der Waals surface area contributed by atoms with Crippen molar-refractivity contribution in [1.29, 1.82) is 5.26 Å². The quantitative estimate of drug-likeness (QED) is 0.557. The van der Waals surface area contributed by atoms with Crippen LogP contribution in [0.4, 0.5) is 32.0 Å². The SMILES string of the molecule is CC(C)(C)S(=O)(=O)CC(O)(C(=O)Nc1ccc(C#N)c(C(F)(F)F)c1)c1cccc(C(F)(F)F)c1. The Morgan fingerprint density at radius 3 is 2.03 bits per heavy atom. The Bertz CT molecular complexity index is 1270. The monoisotopic (exact) mass is 522 g/mol. The van der Waals surface area contributed by atoms with E-state index >= 15 is 0 Å². The minimum Gasteiger partial charge on any atom is -0.374 e. The van der Waals surface area contributed by atoms with Gasteiger partial charge in [0.1, 0.15) is 0 Å². The van der Waals surface area contributed by atoms with Gasteiger partial charge in [0.2, 0.25) is 0 Å². The van der Waals surface area contributed by atoms with E-state index in [0.29, 0.717) is 18.2 Å². The molecule has 2 N–H and O–H groups in total. The number of carbonyl (C=O) groups is 1. The Morgan fingerprint density at radius 2 is 1.54 bits per heavy atom. The summed E-state index contributed by atoms with van der Waals surface area (Å²) in [5, 5.41) is 22.0. The van der Waals surface area contributed by atoms with Gasteiger partial charge in [-0.2, -0.15) is 31.6 Å². The lowest BCUT2D eigenvalue weighted by molar-refractivity contribution is -0.138. The first kappa shape index (κ1) is 28.1. The molecule has 0 aliphatic rings. The summed E-state index contributed by atoms with van der Waals surface area (Å²) in [5.41, 5.74) is -7.88. The number of nitrogens with one attached hydrogen (secondary N) is 1. The van der Waals surface area contributed by atoms with Gasteiger partial charge in [-0.05, 0) is 56.7 Å². The summed E-state index contributed by atoms with van der Waals surface area (Å²) >= 11 is 0. The van der Waals surface area contributed by atoms with Gasteiger partial charge in [-0.15, -0.1) is 0 Å². The number of aliphatic hydroxyl groups is 1. The molecule has 0 bridgehead atoms. The van der Waals surface area contributed by atoms with Crippen LogP contribution in [0.15, 0.2) is 42.5 Å². The van der Waals surface area contributed by atoms with Crippen LogP contribution in [0.1, 0.15) is 43.0 Å². The fraction of sp³-hybridized carbons (Fsp3) is 0.364. The third-order valence-electron chi connectivity index (χ3n) is 5.08. The second kappa shape index (κ2) is 9.16. The van der Waals surface area contributed by atoms with Crippen molar-refractivity contribution in [3.05, 3.63) is 64.7 Å². The summed E-state index contributed by atoms with van der Waals surface area (Å²) in [6, 6.07) is 6.14. The van der Waals surface area contributed by atoms with Crippen LogP contribution in [0, 0.1) is 11.3 Å². The van der Waals surface area contributed by atoms with Gasteiger partial charge in [0.25, 0.3) is 5.91 Å². The number of amides is 1. The zero-order valence-corrected chi connectivity index (χ0v) is 19.4. The fourth-order valence-electron chi connectivity index (χ4n) is 2.91. The molecule has 2 rings (SSSR count). The number of anilines is 1. The third kappa shape index (κ3) is 6.12. The van der Waals surface area contributed by atoms with Crippen LogP contribution in [0.5, 0.6) is 0 Å². The average molecular weight is 522 g/mol. The van der Waals surface area contributed by atoms with Crippen LogP contribution < -0.4 is 5.32 Å². The minimum atomic E-state index is -4.99. The van der Waals surface area contributed by atoms with E-state index in [4.69, 9.17) is 5.26 Å². The molecule has 1 unspecified atom stereocenters. The zero-order valence-electron chi connectivity index (χ0n) is 18.5. The highest BCUT2D eigenvalue weighted by molar-refractivity contribution is 7.92. The normalized spacial score (nSPS) is 14.7. The number of sulfone groups is 1. The molecule has 35 heavy (non-hydrogen) atoms. The summed E-state index contributed by atoms with van der Waals surface area (Å²) in [6.07, 6.45) is -9.89. The number of halogens is 6. The first-order chi connectivity index (χ1) is 15.7.